The third-order valence-corrected chi connectivity index (χ3v) is 4.28. The summed E-state index contributed by atoms with van der Waals surface area (Å²) in [6.07, 6.45) is 3.66. The fraction of sp³-hybridized carbons (Fsp3) is 0.316. The van der Waals surface area contributed by atoms with Crippen molar-refractivity contribution in [1.29, 1.82) is 0 Å². The maximum Gasteiger partial charge on any atom is 0.223 e. The zero-order valence-corrected chi connectivity index (χ0v) is 16.3. The van der Waals surface area contributed by atoms with Crippen molar-refractivity contribution >= 4 is 17.5 Å². The second-order valence-electron chi connectivity index (χ2n) is 6.31. The molecule has 0 bridgehead atoms. The van der Waals surface area contributed by atoms with E-state index in [2.05, 4.69) is 32.6 Å². The van der Waals surface area contributed by atoms with Crippen molar-refractivity contribution in [2.24, 2.45) is 0 Å². The highest BCUT2D eigenvalue weighted by Crippen LogP contribution is 2.33. The molecule has 0 saturated heterocycles. The van der Waals surface area contributed by atoms with Crippen LogP contribution in [-0.2, 0) is 6.54 Å². The van der Waals surface area contributed by atoms with Crippen molar-refractivity contribution in [2.45, 2.75) is 26.4 Å². The van der Waals surface area contributed by atoms with Crippen LogP contribution >= 0.6 is 11.6 Å². The number of hydrogen-bond donors (Lipinski definition) is 3. The van der Waals surface area contributed by atoms with Crippen LogP contribution in [0, 0.1) is 0 Å². The van der Waals surface area contributed by atoms with Gasteiger partial charge in [0, 0.05) is 47.7 Å². The molecule has 0 amide bonds. The second kappa shape index (κ2) is 8.37. The molecule has 3 rings (SSSR count). The molecule has 0 aliphatic rings. The Morgan fingerprint density at radius 1 is 1.30 bits per heavy atom. The summed E-state index contributed by atoms with van der Waals surface area (Å²) in [7, 11) is 1.90. The Bertz CT molecular complexity index is 906. The average molecular weight is 387 g/mol. The lowest BCUT2D eigenvalue weighted by molar-refractivity contribution is 0.475. The third-order valence-electron chi connectivity index (χ3n) is 4.06. The molecule has 0 spiro atoms. The van der Waals surface area contributed by atoms with E-state index in [1.165, 1.54) is 6.07 Å². The van der Waals surface area contributed by atoms with E-state index < -0.39 is 0 Å². The molecular weight excluding hydrogens is 364 g/mol. The molecule has 2 heterocycles. The first-order valence-electron chi connectivity index (χ1n) is 8.82. The van der Waals surface area contributed by atoms with Crippen LogP contribution in [0.4, 0.5) is 5.95 Å². The minimum atomic E-state index is 0.0976. The van der Waals surface area contributed by atoms with E-state index in [0.717, 1.165) is 29.9 Å². The minimum Gasteiger partial charge on any atom is -0.508 e. The van der Waals surface area contributed by atoms with Gasteiger partial charge >= 0.3 is 0 Å². The van der Waals surface area contributed by atoms with Crippen molar-refractivity contribution in [3.05, 3.63) is 41.7 Å². The molecule has 3 N–H and O–H groups in total. The van der Waals surface area contributed by atoms with Gasteiger partial charge in [-0.1, -0.05) is 11.6 Å². The maximum atomic E-state index is 9.91. The minimum absolute atomic E-state index is 0.0976. The number of likely N-dealkylation sites (N-methyl/N-ethyl adjacent to an activating group) is 1. The number of phenolic OH excluding ortho intramolecular Hbond substituents is 1. The molecule has 27 heavy (non-hydrogen) atoms. The zero-order valence-electron chi connectivity index (χ0n) is 15.6. The zero-order chi connectivity index (χ0) is 19.4. The Kier molecular flexibility index (Phi) is 5.93. The summed E-state index contributed by atoms with van der Waals surface area (Å²) in [5.41, 5.74) is 3.05. The third kappa shape index (κ3) is 4.56. The van der Waals surface area contributed by atoms with Crippen molar-refractivity contribution in [3.63, 3.8) is 0 Å². The molecule has 0 aliphatic heterocycles. The SMILES string of the molecule is CCn1cc(-c2ccnc(NC(C)CNC)n2)c(-c2cc(O)cc(Cl)c2)n1. The lowest BCUT2D eigenvalue weighted by Gasteiger charge is -2.13. The normalized spacial score (nSPS) is 12.1. The molecule has 0 aliphatic carbocycles. The quantitative estimate of drug-likeness (QED) is 0.576. The molecule has 1 atom stereocenters. The molecule has 7 nitrogen and oxygen atoms in total. The number of anilines is 1. The number of nitrogens with one attached hydrogen (secondary N) is 2. The maximum absolute atomic E-state index is 9.91. The van der Waals surface area contributed by atoms with Crippen LogP contribution in [-0.4, -0.2) is 44.5 Å². The first kappa shape index (κ1) is 19.1. The molecular formula is C19H23ClN6O. The predicted octanol–water partition coefficient (Wildman–Crippen LogP) is 3.41. The second-order valence-corrected chi connectivity index (χ2v) is 6.75. The summed E-state index contributed by atoms with van der Waals surface area (Å²) in [5, 5.41) is 21.4. The summed E-state index contributed by atoms with van der Waals surface area (Å²) < 4.78 is 1.83. The number of benzene rings is 1. The van der Waals surface area contributed by atoms with Crippen molar-refractivity contribution in [3.8, 4) is 28.3 Å². The Labute approximate surface area is 163 Å². The van der Waals surface area contributed by atoms with Crippen LogP contribution in [0.5, 0.6) is 5.75 Å². The highest BCUT2D eigenvalue weighted by atomic mass is 35.5. The first-order chi connectivity index (χ1) is 13.0. The van der Waals surface area contributed by atoms with E-state index in [-0.39, 0.29) is 11.8 Å². The molecule has 0 saturated carbocycles. The highest BCUT2D eigenvalue weighted by Gasteiger charge is 2.16. The van der Waals surface area contributed by atoms with Crippen LogP contribution < -0.4 is 10.6 Å². The molecule has 8 heteroatoms. The molecule has 142 valence electrons. The van der Waals surface area contributed by atoms with Crippen LogP contribution in [0.2, 0.25) is 5.02 Å². The van der Waals surface area contributed by atoms with Gasteiger partial charge in [-0.05, 0) is 45.2 Å². The Morgan fingerprint density at radius 2 is 2.11 bits per heavy atom. The number of hydrogen-bond acceptors (Lipinski definition) is 6. The summed E-state index contributed by atoms with van der Waals surface area (Å²) in [6, 6.07) is 6.96. The number of phenols is 1. The fourth-order valence-corrected chi connectivity index (χ4v) is 3.08. The molecule has 2 aromatic heterocycles. The summed E-state index contributed by atoms with van der Waals surface area (Å²) in [4.78, 5) is 8.95. The van der Waals surface area contributed by atoms with Gasteiger partial charge in [0.05, 0.1) is 5.69 Å². The Hall–Kier alpha value is -2.64. The molecule has 1 unspecified atom stereocenters. The number of aryl methyl sites for hydroxylation is 1. The van der Waals surface area contributed by atoms with Gasteiger partial charge in [-0.2, -0.15) is 5.10 Å². The topological polar surface area (TPSA) is 87.9 Å². The van der Waals surface area contributed by atoms with E-state index >= 15 is 0 Å². The van der Waals surface area contributed by atoms with Gasteiger partial charge in [-0.15, -0.1) is 0 Å². The van der Waals surface area contributed by atoms with Gasteiger partial charge in [0.25, 0.3) is 0 Å². The summed E-state index contributed by atoms with van der Waals surface area (Å²) in [6.45, 7) is 5.59. The Balaban J connectivity index is 2.03. The standard InChI is InChI=1S/C19H23ClN6O/c1-4-26-11-16(18(25-26)13-7-14(20)9-15(27)8-13)17-5-6-22-19(24-17)23-12(2)10-21-3/h5-9,11-12,21,27H,4,10H2,1-3H3,(H,22,23,24). The van der Waals surface area contributed by atoms with Gasteiger partial charge in [-0.3, -0.25) is 4.68 Å². The van der Waals surface area contributed by atoms with E-state index in [9.17, 15) is 5.11 Å². The van der Waals surface area contributed by atoms with Gasteiger partial charge in [0.1, 0.15) is 11.4 Å². The molecule has 0 fully saturated rings. The number of aromatic nitrogens is 4. The molecule has 0 radical (unpaired) electrons. The Morgan fingerprint density at radius 3 is 2.81 bits per heavy atom. The number of rotatable bonds is 7. The van der Waals surface area contributed by atoms with Gasteiger partial charge < -0.3 is 15.7 Å². The molecule has 3 aromatic rings. The van der Waals surface area contributed by atoms with Crippen molar-refractivity contribution in [1.82, 2.24) is 25.1 Å². The van der Waals surface area contributed by atoms with Crippen molar-refractivity contribution < 1.29 is 5.11 Å². The number of halogens is 1. The highest BCUT2D eigenvalue weighted by molar-refractivity contribution is 6.31. The predicted molar refractivity (Wildman–Crippen MR) is 108 cm³/mol. The van der Waals surface area contributed by atoms with E-state index in [4.69, 9.17) is 11.6 Å². The van der Waals surface area contributed by atoms with Crippen molar-refractivity contribution in [2.75, 3.05) is 18.9 Å². The van der Waals surface area contributed by atoms with E-state index in [1.807, 2.05) is 30.9 Å². The van der Waals surface area contributed by atoms with Crippen LogP contribution in [0.1, 0.15) is 13.8 Å². The van der Waals surface area contributed by atoms with Crippen LogP contribution in [0.25, 0.3) is 22.5 Å². The summed E-state index contributed by atoms with van der Waals surface area (Å²) >= 11 is 6.12. The monoisotopic (exact) mass is 386 g/mol. The fourth-order valence-electron chi connectivity index (χ4n) is 2.85. The van der Waals surface area contributed by atoms with Crippen LogP contribution in [0.15, 0.2) is 36.7 Å². The number of aromatic hydroxyl groups is 1. The summed E-state index contributed by atoms with van der Waals surface area (Å²) in [5.74, 6) is 0.653. The van der Waals surface area contributed by atoms with Gasteiger partial charge in [0.2, 0.25) is 5.95 Å². The lowest BCUT2D eigenvalue weighted by atomic mass is 10.1. The van der Waals surface area contributed by atoms with Gasteiger partial charge in [0.15, 0.2) is 0 Å². The average Bonchev–Trinajstić information content (AvgIpc) is 3.06. The van der Waals surface area contributed by atoms with E-state index in [1.54, 1.807) is 18.3 Å². The first-order valence-corrected chi connectivity index (χ1v) is 9.20. The molecule has 1 aromatic carbocycles. The van der Waals surface area contributed by atoms with Gasteiger partial charge in [-0.25, -0.2) is 9.97 Å². The lowest BCUT2D eigenvalue weighted by Crippen LogP contribution is -2.28. The van der Waals surface area contributed by atoms with E-state index in [0.29, 0.717) is 16.7 Å². The number of nitrogens with zero attached hydrogens (tertiary/aromatic N) is 4. The largest absolute Gasteiger partial charge is 0.508 e. The van der Waals surface area contributed by atoms with Crippen LogP contribution in [0.3, 0.4) is 0 Å². The smallest absolute Gasteiger partial charge is 0.223 e.